The van der Waals surface area contributed by atoms with Gasteiger partial charge in [0.25, 0.3) is 0 Å². The van der Waals surface area contributed by atoms with E-state index in [9.17, 15) is 26.4 Å². The van der Waals surface area contributed by atoms with Gasteiger partial charge in [-0.1, -0.05) is 0 Å². The maximum absolute atomic E-state index is 12.4. The van der Waals surface area contributed by atoms with Crippen LogP contribution in [0.5, 0.6) is 5.75 Å². The monoisotopic (exact) mass is 373 g/mol. The first-order valence-corrected chi connectivity index (χ1v) is 8.15. The van der Waals surface area contributed by atoms with Crippen molar-refractivity contribution in [1.29, 1.82) is 5.26 Å². The standard InChI is InChI=1S/C15H10F3NO5S/c1-2-23-14(20)13-6-9(8-19)5-10-7-11(3-4-12(10)13)24-25(21,22)15(16,17)18/h3-7H,2H2,1H3. The Morgan fingerprint density at radius 3 is 2.48 bits per heavy atom. The molecule has 0 unspecified atom stereocenters. The minimum atomic E-state index is -5.83. The van der Waals surface area contributed by atoms with Crippen LogP contribution in [0.1, 0.15) is 22.8 Å². The predicted octanol–water partition coefficient (Wildman–Crippen LogP) is 3.12. The molecule has 0 saturated carbocycles. The number of alkyl halides is 3. The fraction of sp³-hybridized carbons (Fsp3) is 0.200. The summed E-state index contributed by atoms with van der Waals surface area (Å²) in [5.74, 6) is -1.32. The molecule has 2 aromatic carbocycles. The highest BCUT2D eigenvalue weighted by Crippen LogP contribution is 2.30. The van der Waals surface area contributed by atoms with Gasteiger partial charge in [-0.15, -0.1) is 0 Å². The van der Waals surface area contributed by atoms with Gasteiger partial charge in [-0.2, -0.15) is 26.9 Å². The number of halogens is 3. The lowest BCUT2D eigenvalue weighted by molar-refractivity contribution is -0.0500. The van der Waals surface area contributed by atoms with Crippen LogP contribution in [0.2, 0.25) is 0 Å². The summed E-state index contributed by atoms with van der Waals surface area (Å²) >= 11 is 0. The molecule has 0 radical (unpaired) electrons. The molecule has 0 amide bonds. The number of carbonyl (C=O) groups is 1. The smallest absolute Gasteiger partial charge is 0.462 e. The quantitative estimate of drug-likeness (QED) is 0.464. The van der Waals surface area contributed by atoms with Crippen LogP contribution in [0.25, 0.3) is 10.8 Å². The van der Waals surface area contributed by atoms with E-state index in [0.717, 1.165) is 12.1 Å². The molecule has 0 aliphatic rings. The second-order valence-corrected chi connectivity index (χ2v) is 6.26. The highest BCUT2D eigenvalue weighted by atomic mass is 32.2. The zero-order valence-electron chi connectivity index (χ0n) is 12.6. The topological polar surface area (TPSA) is 93.5 Å². The summed E-state index contributed by atoms with van der Waals surface area (Å²) < 4.78 is 68.2. The molecule has 0 aliphatic heterocycles. The number of hydrogen-bond acceptors (Lipinski definition) is 6. The average molecular weight is 373 g/mol. The van der Waals surface area contributed by atoms with Gasteiger partial charge >= 0.3 is 21.6 Å². The number of ether oxygens (including phenoxy) is 1. The molecular formula is C15H10F3NO5S. The summed E-state index contributed by atoms with van der Waals surface area (Å²) in [6.45, 7) is 1.67. The van der Waals surface area contributed by atoms with Crippen molar-refractivity contribution >= 4 is 26.9 Å². The third-order valence-electron chi connectivity index (χ3n) is 3.04. The van der Waals surface area contributed by atoms with E-state index in [1.54, 1.807) is 13.0 Å². The third-order valence-corrected chi connectivity index (χ3v) is 4.02. The molecule has 0 aliphatic carbocycles. The summed E-state index contributed by atoms with van der Waals surface area (Å²) in [7, 11) is -5.83. The van der Waals surface area contributed by atoms with E-state index < -0.39 is 27.3 Å². The van der Waals surface area contributed by atoms with Crippen LogP contribution in [-0.4, -0.2) is 26.5 Å². The Bertz CT molecular complexity index is 977. The van der Waals surface area contributed by atoms with Crippen LogP contribution in [0.15, 0.2) is 30.3 Å². The van der Waals surface area contributed by atoms with Gasteiger partial charge < -0.3 is 8.92 Å². The molecule has 0 spiro atoms. The molecule has 0 atom stereocenters. The minimum absolute atomic E-state index is 0.0288. The molecule has 132 valence electrons. The third kappa shape index (κ3) is 3.83. The van der Waals surface area contributed by atoms with Crippen molar-refractivity contribution < 1.29 is 35.3 Å². The Kier molecular flexibility index (Phi) is 4.89. The second kappa shape index (κ2) is 6.60. The Morgan fingerprint density at radius 2 is 1.92 bits per heavy atom. The first-order valence-electron chi connectivity index (χ1n) is 6.75. The average Bonchev–Trinajstić information content (AvgIpc) is 2.52. The normalized spacial score (nSPS) is 11.8. The predicted molar refractivity (Wildman–Crippen MR) is 80.2 cm³/mol. The van der Waals surface area contributed by atoms with Crippen molar-refractivity contribution in [3.8, 4) is 11.8 Å². The van der Waals surface area contributed by atoms with E-state index in [-0.39, 0.29) is 28.5 Å². The van der Waals surface area contributed by atoms with E-state index in [1.807, 2.05) is 0 Å². The molecule has 2 rings (SSSR count). The lowest BCUT2D eigenvalue weighted by atomic mass is 10.0. The number of nitriles is 1. The zero-order valence-corrected chi connectivity index (χ0v) is 13.4. The van der Waals surface area contributed by atoms with Crippen LogP contribution in [0.4, 0.5) is 13.2 Å². The van der Waals surface area contributed by atoms with Gasteiger partial charge in [-0.3, -0.25) is 0 Å². The fourth-order valence-electron chi connectivity index (χ4n) is 2.02. The van der Waals surface area contributed by atoms with Crippen LogP contribution in [-0.2, 0) is 14.9 Å². The summed E-state index contributed by atoms with van der Waals surface area (Å²) in [6.07, 6.45) is 0. The molecule has 0 fully saturated rings. The van der Waals surface area contributed by atoms with Crippen molar-refractivity contribution in [3.05, 3.63) is 41.5 Å². The van der Waals surface area contributed by atoms with Crippen molar-refractivity contribution in [1.82, 2.24) is 0 Å². The molecule has 10 heteroatoms. The molecule has 0 heterocycles. The Balaban J connectivity index is 2.57. The molecule has 0 aromatic heterocycles. The number of hydrogen-bond donors (Lipinski definition) is 0. The van der Waals surface area contributed by atoms with E-state index in [1.165, 1.54) is 18.2 Å². The van der Waals surface area contributed by atoms with Gasteiger partial charge in [-0.05, 0) is 48.0 Å². The number of esters is 1. The number of rotatable bonds is 4. The number of carbonyl (C=O) groups excluding carboxylic acids is 1. The van der Waals surface area contributed by atoms with Crippen molar-refractivity contribution in [2.75, 3.05) is 6.61 Å². The summed E-state index contributed by atoms with van der Waals surface area (Å²) in [5, 5.41) is 9.44. The van der Waals surface area contributed by atoms with Gasteiger partial charge in [0.15, 0.2) is 0 Å². The van der Waals surface area contributed by atoms with Crippen molar-refractivity contribution in [2.45, 2.75) is 12.4 Å². The SMILES string of the molecule is CCOC(=O)c1cc(C#N)cc2cc(OS(=O)(=O)C(F)(F)F)ccc12. The van der Waals surface area contributed by atoms with Crippen LogP contribution in [0.3, 0.4) is 0 Å². The molecule has 0 bridgehead atoms. The largest absolute Gasteiger partial charge is 0.534 e. The lowest BCUT2D eigenvalue weighted by Gasteiger charge is -2.11. The number of nitrogens with zero attached hydrogens (tertiary/aromatic N) is 1. The van der Waals surface area contributed by atoms with Crippen molar-refractivity contribution in [2.24, 2.45) is 0 Å². The maximum Gasteiger partial charge on any atom is 0.534 e. The maximum atomic E-state index is 12.4. The lowest BCUT2D eigenvalue weighted by Crippen LogP contribution is -2.28. The Labute approximate surface area is 140 Å². The summed E-state index contributed by atoms with van der Waals surface area (Å²) in [5.41, 5.74) is -5.50. The highest BCUT2D eigenvalue weighted by molar-refractivity contribution is 7.88. The van der Waals surface area contributed by atoms with Gasteiger partial charge in [0.05, 0.1) is 23.8 Å². The van der Waals surface area contributed by atoms with Crippen molar-refractivity contribution in [3.63, 3.8) is 0 Å². The molecular weight excluding hydrogens is 363 g/mol. The molecule has 2 aromatic rings. The molecule has 0 saturated heterocycles. The summed E-state index contributed by atoms with van der Waals surface area (Å²) in [6, 6.07) is 7.53. The Hall–Kier alpha value is -2.80. The van der Waals surface area contributed by atoms with E-state index in [2.05, 4.69) is 4.18 Å². The van der Waals surface area contributed by atoms with Gasteiger partial charge in [-0.25, -0.2) is 4.79 Å². The first-order chi connectivity index (χ1) is 11.6. The van der Waals surface area contributed by atoms with Gasteiger partial charge in [0, 0.05) is 0 Å². The van der Waals surface area contributed by atoms with Gasteiger partial charge in [0.2, 0.25) is 0 Å². The molecule has 0 N–H and O–H groups in total. The fourth-order valence-corrected chi connectivity index (χ4v) is 2.47. The van der Waals surface area contributed by atoms with E-state index in [4.69, 9.17) is 10.00 Å². The summed E-state index contributed by atoms with van der Waals surface area (Å²) in [4.78, 5) is 12.0. The Morgan fingerprint density at radius 1 is 1.24 bits per heavy atom. The van der Waals surface area contributed by atoms with Crippen LogP contribution in [0, 0.1) is 11.3 Å². The molecule has 6 nitrogen and oxygen atoms in total. The van der Waals surface area contributed by atoms with Crippen LogP contribution < -0.4 is 4.18 Å². The van der Waals surface area contributed by atoms with E-state index >= 15 is 0 Å². The van der Waals surface area contributed by atoms with Gasteiger partial charge in [0.1, 0.15) is 5.75 Å². The number of benzene rings is 2. The zero-order chi connectivity index (χ0) is 18.8. The molecule has 25 heavy (non-hydrogen) atoms. The van der Waals surface area contributed by atoms with Crippen LogP contribution >= 0.6 is 0 Å². The number of fused-ring (bicyclic) bond motifs is 1. The minimum Gasteiger partial charge on any atom is -0.462 e. The highest BCUT2D eigenvalue weighted by Gasteiger charge is 2.48. The van der Waals surface area contributed by atoms with E-state index in [0.29, 0.717) is 0 Å². The second-order valence-electron chi connectivity index (χ2n) is 4.72. The first kappa shape index (κ1) is 18.5.